The van der Waals surface area contributed by atoms with Crippen molar-refractivity contribution in [3.8, 4) is 5.75 Å². The fourth-order valence-electron chi connectivity index (χ4n) is 3.09. The molecule has 24 heavy (non-hydrogen) atoms. The molecule has 1 atom stereocenters. The van der Waals surface area contributed by atoms with Gasteiger partial charge in [-0.25, -0.2) is 4.99 Å². The van der Waals surface area contributed by atoms with Crippen LogP contribution in [0.15, 0.2) is 53.5 Å². The minimum absolute atomic E-state index is 0.0278. The summed E-state index contributed by atoms with van der Waals surface area (Å²) in [7, 11) is 0. The number of nitrogens with zero attached hydrogens (tertiary/aromatic N) is 2. The second-order valence-corrected chi connectivity index (χ2v) is 5.73. The van der Waals surface area contributed by atoms with E-state index in [0.717, 1.165) is 16.8 Å². The van der Waals surface area contributed by atoms with Crippen molar-refractivity contribution in [3.63, 3.8) is 0 Å². The molecule has 2 aromatic carbocycles. The number of hydrogen-bond donors (Lipinski definition) is 2. The number of aliphatic imine (C=N–C) groups is 1. The van der Waals surface area contributed by atoms with E-state index in [9.17, 15) is 4.79 Å². The SMILES string of the molecule is O=C1NC2=Nc3ccc(OCCO)cc3CN2C1c1ccccc1. The van der Waals surface area contributed by atoms with Crippen LogP contribution < -0.4 is 10.1 Å². The zero-order chi connectivity index (χ0) is 16.5. The van der Waals surface area contributed by atoms with Crippen LogP contribution >= 0.6 is 0 Å². The van der Waals surface area contributed by atoms with Crippen LogP contribution in [0.25, 0.3) is 0 Å². The average molecular weight is 323 g/mol. The number of aliphatic hydroxyl groups is 1. The third-order valence-corrected chi connectivity index (χ3v) is 4.16. The van der Waals surface area contributed by atoms with Crippen LogP contribution in [0, 0.1) is 0 Å². The summed E-state index contributed by atoms with van der Waals surface area (Å²) in [6.45, 7) is 0.798. The van der Waals surface area contributed by atoms with Crippen LogP contribution in [0.4, 0.5) is 5.69 Å². The van der Waals surface area contributed by atoms with E-state index in [1.807, 2.05) is 53.4 Å². The summed E-state index contributed by atoms with van der Waals surface area (Å²) < 4.78 is 5.47. The summed E-state index contributed by atoms with van der Waals surface area (Å²) >= 11 is 0. The lowest BCUT2D eigenvalue weighted by atomic mass is 10.0. The van der Waals surface area contributed by atoms with E-state index in [4.69, 9.17) is 9.84 Å². The molecule has 0 saturated carbocycles. The summed E-state index contributed by atoms with van der Waals surface area (Å²) in [6.07, 6.45) is 0. The number of benzene rings is 2. The van der Waals surface area contributed by atoms with Gasteiger partial charge in [-0.1, -0.05) is 30.3 Å². The molecule has 0 aliphatic carbocycles. The number of carbonyl (C=O) groups is 1. The van der Waals surface area contributed by atoms with Crippen molar-refractivity contribution in [3.05, 3.63) is 59.7 Å². The van der Waals surface area contributed by atoms with E-state index in [0.29, 0.717) is 18.3 Å². The van der Waals surface area contributed by atoms with Crippen LogP contribution in [0.3, 0.4) is 0 Å². The summed E-state index contributed by atoms with van der Waals surface area (Å²) in [6, 6.07) is 14.9. The summed E-state index contributed by atoms with van der Waals surface area (Å²) in [5.74, 6) is 1.21. The third kappa shape index (κ3) is 2.51. The van der Waals surface area contributed by atoms with Crippen molar-refractivity contribution >= 4 is 17.6 Å². The molecule has 0 radical (unpaired) electrons. The van der Waals surface area contributed by atoms with E-state index in [1.54, 1.807) is 0 Å². The molecule has 0 spiro atoms. The molecule has 4 rings (SSSR count). The van der Waals surface area contributed by atoms with Gasteiger partial charge in [-0.05, 0) is 23.8 Å². The molecule has 2 N–H and O–H groups in total. The third-order valence-electron chi connectivity index (χ3n) is 4.16. The highest BCUT2D eigenvalue weighted by Crippen LogP contribution is 2.36. The quantitative estimate of drug-likeness (QED) is 0.899. The standard InChI is InChI=1S/C18H17N3O3/c22-8-9-24-14-6-7-15-13(10-14)11-21-16(12-4-2-1-3-5-12)17(23)20-18(21)19-15/h1-7,10,16,22H,8-9,11H2,(H,19,20,23). The minimum atomic E-state index is -0.375. The van der Waals surface area contributed by atoms with Crippen molar-refractivity contribution in [1.82, 2.24) is 10.2 Å². The fourth-order valence-corrected chi connectivity index (χ4v) is 3.09. The van der Waals surface area contributed by atoms with Crippen molar-refractivity contribution < 1.29 is 14.6 Å². The molecule has 6 nitrogen and oxygen atoms in total. The lowest BCUT2D eigenvalue weighted by Crippen LogP contribution is -2.33. The number of nitrogens with one attached hydrogen (secondary N) is 1. The van der Waals surface area contributed by atoms with Gasteiger partial charge in [-0.15, -0.1) is 0 Å². The van der Waals surface area contributed by atoms with Crippen LogP contribution in [0.2, 0.25) is 0 Å². The smallest absolute Gasteiger partial charge is 0.254 e. The Hall–Kier alpha value is -2.86. The lowest BCUT2D eigenvalue weighted by Gasteiger charge is -2.28. The van der Waals surface area contributed by atoms with Crippen LogP contribution in [0.5, 0.6) is 5.75 Å². The first-order valence-electron chi connectivity index (χ1n) is 7.84. The Balaban J connectivity index is 1.66. The van der Waals surface area contributed by atoms with Gasteiger partial charge in [-0.2, -0.15) is 0 Å². The molecule has 1 amide bonds. The molecule has 122 valence electrons. The fraction of sp³-hybridized carbons (Fsp3) is 0.222. The predicted molar refractivity (Wildman–Crippen MR) is 89.0 cm³/mol. The van der Waals surface area contributed by atoms with Gasteiger partial charge in [0.25, 0.3) is 5.91 Å². The molecule has 2 heterocycles. The Morgan fingerprint density at radius 3 is 2.88 bits per heavy atom. The topological polar surface area (TPSA) is 74.2 Å². The van der Waals surface area contributed by atoms with E-state index >= 15 is 0 Å². The first kappa shape index (κ1) is 14.7. The summed E-state index contributed by atoms with van der Waals surface area (Å²) in [5.41, 5.74) is 2.76. The predicted octanol–water partition coefficient (Wildman–Crippen LogP) is 1.73. The normalized spacial score (nSPS) is 18.5. The van der Waals surface area contributed by atoms with Gasteiger partial charge >= 0.3 is 0 Å². The zero-order valence-corrected chi connectivity index (χ0v) is 13.0. The van der Waals surface area contributed by atoms with Gasteiger partial charge in [-0.3, -0.25) is 10.1 Å². The second-order valence-electron chi connectivity index (χ2n) is 5.73. The number of rotatable bonds is 4. The number of amides is 1. The second kappa shape index (κ2) is 5.98. The highest BCUT2D eigenvalue weighted by Gasteiger charge is 2.39. The number of aliphatic hydroxyl groups excluding tert-OH is 1. The number of ether oxygens (including phenoxy) is 1. The number of guanidine groups is 1. The molecule has 1 fully saturated rings. The lowest BCUT2D eigenvalue weighted by molar-refractivity contribution is -0.121. The van der Waals surface area contributed by atoms with Gasteiger partial charge in [0, 0.05) is 12.1 Å². The highest BCUT2D eigenvalue weighted by atomic mass is 16.5. The van der Waals surface area contributed by atoms with Crippen LogP contribution in [-0.4, -0.2) is 35.1 Å². The molecular formula is C18H17N3O3. The molecule has 2 aliphatic heterocycles. The molecule has 1 unspecified atom stereocenters. The van der Waals surface area contributed by atoms with Crippen LogP contribution in [-0.2, 0) is 11.3 Å². The van der Waals surface area contributed by atoms with Crippen molar-refractivity contribution in [2.75, 3.05) is 13.2 Å². The maximum Gasteiger partial charge on any atom is 0.254 e. The number of carbonyl (C=O) groups excluding carboxylic acids is 1. The molecule has 2 aliphatic rings. The maximum atomic E-state index is 12.4. The van der Waals surface area contributed by atoms with Gasteiger partial charge in [0.05, 0.1) is 12.3 Å². The first-order valence-corrected chi connectivity index (χ1v) is 7.84. The van der Waals surface area contributed by atoms with Crippen molar-refractivity contribution in [2.24, 2.45) is 4.99 Å². The summed E-state index contributed by atoms with van der Waals surface area (Å²) in [5, 5.41) is 11.7. The maximum absolute atomic E-state index is 12.4. The molecule has 1 saturated heterocycles. The number of hydrogen-bond acceptors (Lipinski definition) is 5. The number of fused-ring (bicyclic) bond motifs is 2. The highest BCUT2D eigenvalue weighted by molar-refractivity contribution is 6.08. The van der Waals surface area contributed by atoms with E-state index in [2.05, 4.69) is 10.3 Å². The molecule has 0 bridgehead atoms. The van der Waals surface area contributed by atoms with E-state index in [1.165, 1.54) is 0 Å². The zero-order valence-electron chi connectivity index (χ0n) is 13.0. The van der Waals surface area contributed by atoms with Crippen LogP contribution in [0.1, 0.15) is 17.2 Å². The Morgan fingerprint density at radius 1 is 1.25 bits per heavy atom. The first-order chi connectivity index (χ1) is 11.8. The monoisotopic (exact) mass is 323 g/mol. The molecular weight excluding hydrogens is 306 g/mol. The Kier molecular flexibility index (Phi) is 3.66. The van der Waals surface area contributed by atoms with E-state index < -0.39 is 0 Å². The minimum Gasteiger partial charge on any atom is -0.491 e. The van der Waals surface area contributed by atoms with E-state index in [-0.39, 0.29) is 25.2 Å². The Labute approximate surface area is 139 Å². The van der Waals surface area contributed by atoms with Crippen molar-refractivity contribution in [1.29, 1.82) is 0 Å². The Morgan fingerprint density at radius 2 is 2.08 bits per heavy atom. The molecule has 2 aromatic rings. The Bertz CT molecular complexity index is 804. The van der Waals surface area contributed by atoms with Gasteiger partial charge < -0.3 is 14.7 Å². The molecule has 0 aromatic heterocycles. The van der Waals surface area contributed by atoms with Crippen molar-refractivity contribution in [2.45, 2.75) is 12.6 Å². The molecule has 6 heteroatoms. The van der Waals surface area contributed by atoms with Gasteiger partial charge in [0.1, 0.15) is 18.4 Å². The van der Waals surface area contributed by atoms with Gasteiger partial charge in [0.2, 0.25) is 5.96 Å². The largest absolute Gasteiger partial charge is 0.491 e. The average Bonchev–Trinajstić information content (AvgIpc) is 2.93. The summed E-state index contributed by atoms with van der Waals surface area (Å²) in [4.78, 5) is 18.9. The van der Waals surface area contributed by atoms with Gasteiger partial charge in [0.15, 0.2) is 0 Å².